The second-order valence-corrected chi connectivity index (χ2v) is 4.14. The first-order valence-corrected chi connectivity index (χ1v) is 5.77. The topological polar surface area (TPSA) is 103 Å². The van der Waals surface area contributed by atoms with E-state index in [1.54, 1.807) is 24.3 Å². The highest BCUT2D eigenvalue weighted by atomic mass is 16.4. The normalized spacial score (nSPS) is 10.3. The highest BCUT2D eigenvalue weighted by Gasteiger charge is 2.13. The van der Waals surface area contributed by atoms with Gasteiger partial charge in [0.1, 0.15) is 5.82 Å². The number of aromatic nitrogens is 3. The lowest BCUT2D eigenvalue weighted by atomic mass is 10.1. The molecule has 3 aromatic rings. The second-order valence-electron chi connectivity index (χ2n) is 4.14. The van der Waals surface area contributed by atoms with Crippen LogP contribution in [-0.2, 0) is 0 Å². The van der Waals surface area contributed by atoms with E-state index in [1.165, 1.54) is 12.3 Å². The first-order chi connectivity index (χ1) is 9.69. The van der Waals surface area contributed by atoms with Crippen LogP contribution in [0, 0.1) is 11.3 Å². The fourth-order valence-electron chi connectivity index (χ4n) is 1.93. The fraction of sp³-hybridized carbons (Fsp3) is 0. The maximum atomic E-state index is 11.1. The van der Waals surface area contributed by atoms with Crippen LogP contribution in [-0.4, -0.2) is 26.0 Å². The van der Waals surface area contributed by atoms with Gasteiger partial charge in [-0.25, -0.2) is 14.8 Å². The zero-order valence-electron chi connectivity index (χ0n) is 10.2. The number of carboxylic acid groups (broad SMARTS) is 1. The van der Waals surface area contributed by atoms with Crippen LogP contribution in [0.5, 0.6) is 0 Å². The third-order valence-electron chi connectivity index (χ3n) is 2.91. The van der Waals surface area contributed by atoms with Crippen molar-refractivity contribution in [1.82, 2.24) is 15.0 Å². The fourth-order valence-corrected chi connectivity index (χ4v) is 1.93. The molecular formula is C14H8N4O2. The van der Waals surface area contributed by atoms with Crippen molar-refractivity contribution in [3.8, 4) is 17.5 Å². The zero-order chi connectivity index (χ0) is 14.1. The van der Waals surface area contributed by atoms with Gasteiger partial charge in [0.05, 0.1) is 22.7 Å². The van der Waals surface area contributed by atoms with E-state index in [4.69, 9.17) is 10.4 Å². The number of imidazole rings is 1. The Labute approximate surface area is 113 Å². The predicted octanol–water partition coefficient (Wildman–Crippen LogP) is 2.19. The van der Waals surface area contributed by atoms with Gasteiger partial charge in [0, 0.05) is 11.8 Å². The Morgan fingerprint density at radius 3 is 2.65 bits per heavy atom. The molecule has 0 bridgehead atoms. The molecule has 0 fully saturated rings. The molecule has 0 saturated heterocycles. The second kappa shape index (κ2) is 4.48. The summed E-state index contributed by atoms with van der Waals surface area (Å²) in [6, 6.07) is 10.3. The number of aromatic amines is 1. The molecule has 6 nitrogen and oxygen atoms in total. The molecule has 0 aliphatic heterocycles. The summed E-state index contributed by atoms with van der Waals surface area (Å²) in [5, 5.41) is 17.9. The zero-order valence-corrected chi connectivity index (χ0v) is 10.2. The number of hydrogen-bond donors (Lipinski definition) is 2. The summed E-state index contributed by atoms with van der Waals surface area (Å²) in [4.78, 5) is 22.4. The lowest BCUT2D eigenvalue weighted by Gasteiger charge is -1.96. The van der Waals surface area contributed by atoms with E-state index in [2.05, 4.69) is 15.0 Å². The Kier molecular flexibility index (Phi) is 2.66. The Bertz CT molecular complexity index is 844. The lowest BCUT2D eigenvalue weighted by molar-refractivity contribution is 0.0698. The first kappa shape index (κ1) is 11.9. The van der Waals surface area contributed by atoms with Crippen LogP contribution in [0.1, 0.15) is 15.9 Å². The van der Waals surface area contributed by atoms with Crippen LogP contribution in [0.25, 0.3) is 22.6 Å². The summed E-state index contributed by atoms with van der Waals surface area (Å²) in [5.41, 5.74) is 2.18. The average molecular weight is 264 g/mol. The minimum absolute atomic E-state index is 0.127. The van der Waals surface area contributed by atoms with Crippen LogP contribution < -0.4 is 0 Å². The predicted molar refractivity (Wildman–Crippen MR) is 71.0 cm³/mol. The first-order valence-electron chi connectivity index (χ1n) is 5.77. The van der Waals surface area contributed by atoms with Gasteiger partial charge in [-0.2, -0.15) is 5.26 Å². The average Bonchev–Trinajstić information content (AvgIpc) is 2.90. The van der Waals surface area contributed by atoms with Crippen molar-refractivity contribution in [2.75, 3.05) is 0 Å². The van der Waals surface area contributed by atoms with Crippen LogP contribution in [0.4, 0.5) is 0 Å². The van der Waals surface area contributed by atoms with Crippen LogP contribution in [0.15, 0.2) is 36.5 Å². The molecule has 6 heteroatoms. The number of H-pyrrole nitrogens is 1. The van der Waals surface area contributed by atoms with E-state index in [-0.39, 0.29) is 5.56 Å². The number of carbonyl (C=O) groups is 1. The number of fused-ring (bicyclic) bond motifs is 1. The lowest BCUT2D eigenvalue weighted by Crippen LogP contribution is -1.97. The molecule has 0 atom stereocenters. The maximum Gasteiger partial charge on any atom is 0.338 e. The number of benzene rings is 1. The van der Waals surface area contributed by atoms with E-state index in [0.29, 0.717) is 22.6 Å². The molecule has 96 valence electrons. The monoisotopic (exact) mass is 264 g/mol. The SMILES string of the molecule is N#Cc1ccc(-c2nc3nccc(C(=O)O)c3[nH]2)cc1. The molecule has 3 rings (SSSR count). The summed E-state index contributed by atoms with van der Waals surface area (Å²) in [5.74, 6) is -0.516. The third kappa shape index (κ3) is 1.87. The van der Waals surface area contributed by atoms with Crippen molar-refractivity contribution < 1.29 is 9.90 Å². The summed E-state index contributed by atoms with van der Waals surface area (Å²) < 4.78 is 0. The van der Waals surface area contributed by atoms with Gasteiger partial charge in [-0.1, -0.05) is 0 Å². The van der Waals surface area contributed by atoms with Gasteiger partial charge in [0.15, 0.2) is 5.65 Å². The van der Waals surface area contributed by atoms with Gasteiger partial charge in [-0.05, 0) is 30.3 Å². The molecule has 0 radical (unpaired) electrons. The molecule has 0 spiro atoms. The third-order valence-corrected chi connectivity index (χ3v) is 2.91. The van der Waals surface area contributed by atoms with Crippen LogP contribution in [0.2, 0.25) is 0 Å². The van der Waals surface area contributed by atoms with Crippen molar-refractivity contribution in [1.29, 1.82) is 5.26 Å². The molecule has 0 amide bonds. The van der Waals surface area contributed by atoms with E-state index in [9.17, 15) is 4.79 Å². The molecule has 0 aliphatic carbocycles. The molecule has 1 aromatic carbocycles. The molecule has 2 heterocycles. The number of nitrogens with zero attached hydrogens (tertiary/aromatic N) is 3. The quantitative estimate of drug-likeness (QED) is 0.738. The van der Waals surface area contributed by atoms with Gasteiger partial charge < -0.3 is 10.1 Å². The summed E-state index contributed by atoms with van der Waals surface area (Å²) in [6.07, 6.45) is 1.41. The van der Waals surface area contributed by atoms with Gasteiger partial charge in [0.2, 0.25) is 0 Å². The standard InChI is InChI=1S/C14H8N4O2/c15-7-8-1-3-9(4-2-8)12-17-11-10(14(19)20)5-6-16-13(11)18-12/h1-6H,(H,19,20)(H,16,17,18). The molecule has 0 aliphatic rings. The van der Waals surface area contributed by atoms with E-state index in [1.807, 2.05) is 6.07 Å². The van der Waals surface area contributed by atoms with Crippen molar-refractivity contribution in [2.45, 2.75) is 0 Å². The Hall–Kier alpha value is -3.20. The number of pyridine rings is 1. The smallest absolute Gasteiger partial charge is 0.338 e. The van der Waals surface area contributed by atoms with E-state index in [0.717, 1.165) is 5.56 Å². The Morgan fingerprint density at radius 2 is 2.00 bits per heavy atom. The molecule has 2 N–H and O–H groups in total. The molecule has 0 unspecified atom stereocenters. The van der Waals surface area contributed by atoms with Crippen LogP contribution in [0.3, 0.4) is 0 Å². The molecular weight excluding hydrogens is 256 g/mol. The molecule has 20 heavy (non-hydrogen) atoms. The summed E-state index contributed by atoms with van der Waals surface area (Å²) in [6.45, 7) is 0. The van der Waals surface area contributed by atoms with Gasteiger partial charge in [-0.15, -0.1) is 0 Å². The number of nitrogens with one attached hydrogen (secondary N) is 1. The van der Waals surface area contributed by atoms with Crippen molar-refractivity contribution >= 4 is 17.1 Å². The number of nitriles is 1. The largest absolute Gasteiger partial charge is 0.478 e. The van der Waals surface area contributed by atoms with Crippen LogP contribution >= 0.6 is 0 Å². The summed E-state index contributed by atoms with van der Waals surface area (Å²) in [7, 11) is 0. The highest BCUT2D eigenvalue weighted by Crippen LogP contribution is 2.21. The van der Waals surface area contributed by atoms with E-state index >= 15 is 0 Å². The Morgan fingerprint density at radius 1 is 1.25 bits per heavy atom. The van der Waals surface area contributed by atoms with Crippen molar-refractivity contribution in [3.63, 3.8) is 0 Å². The Balaban J connectivity index is 2.15. The highest BCUT2D eigenvalue weighted by molar-refractivity contribution is 6.00. The minimum atomic E-state index is -1.03. The number of aromatic carboxylic acids is 1. The van der Waals surface area contributed by atoms with Crippen molar-refractivity contribution in [2.24, 2.45) is 0 Å². The summed E-state index contributed by atoms with van der Waals surface area (Å²) >= 11 is 0. The number of hydrogen-bond acceptors (Lipinski definition) is 4. The van der Waals surface area contributed by atoms with Gasteiger partial charge in [-0.3, -0.25) is 0 Å². The number of rotatable bonds is 2. The molecule has 0 saturated carbocycles. The van der Waals surface area contributed by atoms with E-state index < -0.39 is 5.97 Å². The van der Waals surface area contributed by atoms with Gasteiger partial charge >= 0.3 is 5.97 Å². The van der Waals surface area contributed by atoms with Gasteiger partial charge in [0.25, 0.3) is 0 Å². The number of carboxylic acids is 1. The minimum Gasteiger partial charge on any atom is -0.478 e. The maximum absolute atomic E-state index is 11.1. The van der Waals surface area contributed by atoms with Crippen molar-refractivity contribution in [3.05, 3.63) is 47.7 Å². The molecule has 2 aromatic heterocycles.